The van der Waals surface area contributed by atoms with Crippen LogP contribution in [0, 0.1) is 0 Å². The predicted molar refractivity (Wildman–Crippen MR) is 142 cm³/mol. The van der Waals surface area contributed by atoms with Crippen LogP contribution in [0.4, 0.5) is 0 Å². The van der Waals surface area contributed by atoms with E-state index in [-0.39, 0.29) is 0 Å². The number of hydrogen-bond donors (Lipinski definition) is 0. The Morgan fingerprint density at radius 3 is 1.27 bits per heavy atom. The Hall–Kier alpha value is -1.12. The minimum atomic E-state index is 1.14. The Morgan fingerprint density at radius 2 is 0.933 bits per heavy atom. The van der Waals surface area contributed by atoms with Crippen molar-refractivity contribution in [1.82, 2.24) is 0 Å². The fourth-order valence-corrected chi connectivity index (χ4v) is 4.19. The van der Waals surface area contributed by atoms with Crippen molar-refractivity contribution < 1.29 is 0 Å². The van der Waals surface area contributed by atoms with Crippen molar-refractivity contribution in [3.63, 3.8) is 0 Å². The molecule has 0 N–H and O–H groups in total. The van der Waals surface area contributed by atoms with E-state index in [9.17, 15) is 0 Å². The molecule has 2 rings (SSSR count). The summed E-state index contributed by atoms with van der Waals surface area (Å²) in [4.78, 5) is 0. The Labute approximate surface area is 201 Å². The Balaban J connectivity index is 2.27. The minimum absolute atomic E-state index is 1.14. The summed E-state index contributed by atoms with van der Waals surface area (Å²) in [6.07, 6.45) is 17.4. The van der Waals surface area contributed by atoms with Crippen molar-refractivity contribution >= 4 is 43.0 Å². The molecule has 2 heteroatoms. The molecule has 0 bridgehead atoms. The van der Waals surface area contributed by atoms with Crippen LogP contribution >= 0.6 is 31.9 Å². The van der Waals surface area contributed by atoms with E-state index in [1.54, 1.807) is 0 Å². The van der Waals surface area contributed by atoms with E-state index in [0.717, 1.165) is 21.8 Å². The highest BCUT2D eigenvalue weighted by atomic mass is 79.9. The normalized spacial score (nSPS) is 12.4. The lowest BCUT2D eigenvalue weighted by Gasteiger charge is -2.11. The van der Waals surface area contributed by atoms with Crippen LogP contribution in [-0.4, -0.2) is 0 Å². The fraction of sp³-hybridized carbons (Fsp3) is 0.429. The summed E-state index contributed by atoms with van der Waals surface area (Å²) in [6, 6.07) is 17.6. The third-order valence-electron chi connectivity index (χ3n) is 5.52. The van der Waals surface area contributed by atoms with E-state index >= 15 is 0 Å². The molecule has 0 saturated heterocycles. The molecule has 2 aromatic carbocycles. The average molecular weight is 532 g/mol. The molecule has 0 amide bonds. The van der Waals surface area contributed by atoms with Gasteiger partial charge in [0.1, 0.15) is 0 Å². The summed E-state index contributed by atoms with van der Waals surface area (Å²) in [5.41, 5.74) is 5.57. The number of unbranched alkanes of at least 4 members (excludes halogenated alkanes) is 6. The molecule has 0 unspecified atom stereocenters. The highest BCUT2D eigenvalue weighted by Gasteiger charge is 2.05. The van der Waals surface area contributed by atoms with Gasteiger partial charge in [0, 0.05) is 8.95 Å². The van der Waals surface area contributed by atoms with Crippen LogP contribution in [0.15, 0.2) is 69.6 Å². The number of allylic oxidation sites excluding steroid dienone is 4. The van der Waals surface area contributed by atoms with Crippen molar-refractivity contribution in [2.24, 2.45) is 0 Å². The minimum Gasteiger partial charge on any atom is -0.0654 e. The second kappa shape index (κ2) is 14.8. The van der Waals surface area contributed by atoms with Gasteiger partial charge in [0.05, 0.1) is 0 Å². The first-order valence-corrected chi connectivity index (χ1v) is 13.1. The summed E-state index contributed by atoms with van der Waals surface area (Å²) in [7, 11) is 0. The number of halogens is 2. The lowest BCUT2D eigenvalue weighted by Crippen LogP contribution is -1.89. The first-order chi connectivity index (χ1) is 14.6. The average Bonchev–Trinajstić information content (AvgIpc) is 2.76. The molecule has 0 atom stereocenters. The molecule has 0 nitrogen and oxygen atoms in total. The Morgan fingerprint density at radius 1 is 0.567 bits per heavy atom. The molecule has 0 saturated carbocycles. The molecule has 0 heterocycles. The topological polar surface area (TPSA) is 0 Å². The van der Waals surface area contributed by atoms with Gasteiger partial charge < -0.3 is 0 Å². The molecule has 0 spiro atoms. The van der Waals surface area contributed by atoms with Gasteiger partial charge in [0.15, 0.2) is 0 Å². The zero-order valence-electron chi connectivity index (χ0n) is 18.6. The van der Waals surface area contributed by atoms with Crippen molar-refractivity contribution in [3.8, 4) is 0 Å². The molecular formula is C28H36Br2. The molecule has 0 aliphatic rings. The summed E-state index contributed by atoms with van der Waals surface area (Å²) in [5.74, 6) is 0. The van der Waals surface area contributed by atoms with Crippen LogP contribution in [0.5, 0.6) is 0 Å². The van der Waals surface area contributed by atoms with Crippen LogP contribution in [0.1, 0.15) is 89.2 Å². The number of hydrogen-bond acceptors (Lipinski definition) is 0. The maximum Gasteiger partial charge on any atom is 0.0175 e. The van der Waals surface area contributed by atoms with Crippen LogP contribution in [-0.2, 0) is 0 Å². The molecule has 0 fully saturated rings. The molecule has 2 aromatic rings. The van der Waals surface area contributed by atoms with Crippen LogP contribution in [0.25, 0.3) is 11.1 Å². The van der Waals surface area contributed by atoms with Gasteiger partial charge >= 0.3 is 0 Å². The summed E-state index contributed by atoms with van der Waals surface area (Å²) < 4.78 is 2.28. The number of benzene rings is 2. The maximum absolute atomic E-state index is 3.57. The van der Waals surface area contributed by atoms with E-state index in [2.05, 4.69) is 106 Å². The van der Waals surface area contributed by atoms with E-state index in [4.69, 9.17) is 0 Å². The van der Waals surface area contributed by atoms with Gasteiger partial charge in [-0.25, -0.2) is 0 Å². The summed E-state index contributed by atoms with van der Waals surface area (Å²) in [6.45, 7) is 4.55. The summed E-state index contributed by atoms with van der Waals surface area (Å²) >= 11 is 7.14. The van der Waals surface area contributed by atoms with Crippen molar-refractivity contribution in [3.05, 3.63) is 80.8 Å². The summed E-state index contributed by atoms with van der Waals surface area (Å²) in [5, 5.41) is 0. The second-order valence-electron chi connectivity index (χ2n) is 8.02. The Bertz CT molecular complexity index is 713. The van der Waals surface area contributed by atoms with Gasteiger partial charge in [-0.15, -0.1) is 0 Å². The zero-order chi connectivity index (χ0) is 21.6. The van der Waals surface area contributed by atoms with Crippen LogP contribution in [0.3, 0.4) is 0 Å². The van der Waals surface area contributed by atoms with E-state index < -0.39 is 0 Å². The van der Waals surface area contributed by atoms with Crippen molar-refractivity contribution in [2.45, 2.75) is 78.1 Å². The lowest BCUT2D eigenvalue weighted by atomic mass is 9.95. The molecular weight excluding hydrogens is 496 g/mol. The molecule has 0 radical (unpaired) electrons. The molecule has 0 aromatic heterocycles. The monoisotopic (exact) mass is 530 g/mol. The maximum atomic E-state index is 3.57. The zero-order valence-corrected chi connectivity index (χ0v) is 21.8. The van der Waals surface area contributed by atoms with E-state index in [1.165, 1.54) is 73.6 Å². The van der Waals surface area contributed by atoms with Gasteiger partial charge in [0.25, 0.3) is 0 Å². The number of rotatable bonds is 13. The standard InChI is InChI=1S/C28H36Br2/c1-3-5-7-9-11-23(25-15-19-27(29)20-16-25)13-14-24(12-10-8-6-4-2)26-17-21-28(30)22-18-26/h13-22H,3-12H2,1-2H3/b23-13-,24-14-. The van der Waals surface area contributed by atoms with Crippen LogP contribution in [0.2, 0.25) is 0 Å². The van der Waals surface area contributed by atoms with E-state index in [1.807, 2.05) is 0 Å². The first-order valence-electron chi connectivity index (χ1n) is 11.6. The van der Waals surface area contributed by atoms with Crippen molar-refractivity contribution in [2.75, 3.05) is 0 Å². The molecule has 0 aliphatic heterocycles. The molecule has 0 aliphatic carbocycles. The highest BCUT2D eigenvalue weighted by Crippen LogP contribution is 2.27. The van der Waals surface area contributed by atoms with Gasteiger partial charge in [-0.05, 0) is 72.2 Å². The van der Waals surface area contributed by atoms with Crippen molar-refractivity contribution in [1.29, 1.82) is 0 Å². The van der Waals surface area contributed by atoms with Gasteiger partial charge in [-0.1, -0.05) is 121 Å². The lowest BCUT2D eigenvalue weighted by molar-refractivity contribution is 0.678. The molecule has 162 valence electrons. The fourth-order valence-electron chi connectivity index (χ4n) is 3.66. The second-order valence-corrected chi connectivity index (χ2v) is 9.85. The smallest absolute Gasteiger partial charge is 0.0175 e. The van der Waals surface area contributed by atoms with Gasteiger partial charge in [-0.3, -0.25) is 0 Å². The van der Waals surface area contributed by atoms with Gasteiger partial charge in [-0.2, -0.15) is 0 Å². The quantitative estimate of drug-likeness (QED) is 0.178. The van der Waals surface area contributed by atoms with E-state index in [0.29, 0.717) is 0 Å². The third kappa shape index (κ3) is 9.35. The van der Waals surface area contributed by atoms with Gasteiger partial charge in [0.2, 0.25) is 0 Å². The largest absolute Gasteiger partial charge is 0.0654 e. The SMILES string of the molecule is CCCCCC/C(=C/C=C(/CCCCCC)c1ccc(Br)cc1)c1ccc(Br)cc1. The predicted octanol–water partition coefficient (Wildman–Crippen LogP) is 10.6. The highest BCUT2D eigenvalue weighted by molar-refractivity contribution is 9.10. The Kier molecular flexibility index (Phi) is 12.4. The van der Waals surface area contributed by atoms with Crippen LogP contribution < -0.4 is 0 Å². The first kappa shape index (κ1) is 25.1. The molecule has 30 heavy (non-hydrogen) atoms. The third-order valence-corrected chi connectivity index (χ3v) is 6.57.